The zero-order valence-electron chi connectivity index (χ0n) is 14.1. The number of benzene rings is 1. The molecule has 3 N–H and O–H groups in total. The number of H-pyrrole nitrogens is 1. The number of nitrogens with one attached hydrogen (secondary N) is 3. The van der Waals surface area contributed by atoms with Crippen molar-refractivity contribution in [1.29, 1.82) is 0 Å². The number of aromatic nitrogens is 1. The SMILES string of the molecule is O=C(CN1CCN(Cc2ccccc2)CC1)NNC(=O)c1ccc[nH]1. The van der Waals surface area contributed by atoms with Gasteiger partial charge in [0.25, 0.3) is 11.8 Å². The van der Waals surface area contributed by atoms with Crippen molar-refractivity contribution in [3.8, 4) is 0 Å². The fourth-order valence-electron chi connectivity index (χ4n) is 2.86. The molecule has 0 bridgehead atoms. The Morgan fingerprint density at radius 3 is 2.32 bits per heavy atom. The average molecular weight is 341 g/mol. The number of piperazine rings is 1. The molecule has 0 unspecified atom stereocenters. The van der Waals surface area contributed by atoms with E-state index in [9.17, 15) is 9.59 Å². The van der Waals surface area contributed by atoms with Crippen molar-refractivity contribution < 1.29 is 9.59 Å². The molecular formula is C18H23N5O2. The Labute approximate surface area is 147 Å². The first kappa shape index (κ1) is 17.2. The molecular weight excluding hydrogens is 318 g/mol. The number of nitrogens with zero attached hydrogens (tertiary/aromatic N) is 2. The summed E-state index contributed by atoms with van der Waals surface area (Å²) >= 11 is 0. The van der Waals surface area contributed by atoms with Gasteiger partial charge in [0, 0.05) is 38.9 Å². The van der Waals surface area contributed by atoms with Crippen LogP contribution in [0.25, 0.3) is 0 Å². The van der Waals surface area contributed by atoms with Gasteiger partial charge in [-0.15, -0.1) is 0 Å². The lowest BCUT2D eigenvalue weighted by atomic mass is 10.2. The Bertz CT molecular complexity index is 679. The standard InChI is InChI=1S/C18H23N5O2/c24-17(20-21-18(25)16-7-4-8-19-16)14-23-11-9-22(10-12-23)13-15-5-2-1-3-6-15/h1-8,19H,9-14H2,(H,20,24)(H,21,25). The van der Waals surface area contributed by atoms with Gasteiger partial charge in [0.15, 0.2) is 0 Å². The predicted molar refractivity (Wildman–Crippen MR) is 94.6 cm³/mol. The number of rotatable bonds is 5. The van der Waals surface area contributed by atoms with Crippen LogP contribution in [0.5, 0.6) is 0 Å². The van der Waals surface area contributed by atoms with Crippen molar-refractivity contribution in [3.63, 3.8) is 0 Å². The number of hydrogen-bond donors (Lipinski definition) is 3. The van der Waals surface area contributed by atoms with Crippen LogP contribution in [-0.4, -0.2) is 59.3 Å². The molecule has 0 saturated carbocycles. The van der Waals surface area contributed by atoms with Gasteiger partial charge in [-0.1, -0.05) is 30.3 Å². The number of aromatic amines is 1. The first-order chi connectivity index (χ1) is 12.2. The summed E-state index contributed by atoms with van der Waals surface area (Å²) in [5.41, 5.74) is 6.58. The Hall–Kier alpha value is -2.64. The minimum Gasteiger partial charge on any atom is -0.357 e. The van der Waals surface area contributed by atoms with Crippen LogP contribution in [0, 0.1) is 0 Å². The smallest absolute Gasteiger partial charge is 0.286 e. The molecule has 7 nitrogen and oxygen atoms in total. The van der Waals surface area contributed by atoms with Crippen molar-refractivity contribution in [2.24, 2.45) is 0 Å². The van der Waals surface area contributed by atoms with E-state index in [1.807, 2.05) is 6.07 Å². The summed E-state index contributed by atoms with van der Waals surface area (Å²) < 4.78 is 0. The fraction of sp³-hybridized carbons (Fsp3) is 0.333. The molecule has 2 heterocycles. The zero-order chi connectivity index (χ0) is 17.5. The molecule has 1 aromatic heterocycles. The average Bonchev–Trinajstić information content (AvgIpc) is 3.17. The largest absolute Gasteiger partial charge is 0.357 e. The van der Waals surface area contributed by atoms with Crippen LogP contribution in [0.15, 0.2) is 48.7 Å². The Morgan fingerprint density at radius 2 is 1.64 bits per heavy atom. The Balaban J connectivity index is 1.35. The number of carbonyl (C=O) groups excluding carboxylic acids is 2. The molecule has 7 heteroatoms. The highest BCUT2D eigenvalue weighted by Crippen LogP contribution is 2.08. The minimum absolute atomic E-state index is 0.212. The highest BCUT2D eigenvalue weighted by Gasteiger charge is 2.19. The molecule has 3 rings (SSSR count). The molecule has 2 aromatic rings. The summed E-state index contributed by atoms with van der Waals surface area (Å²) in [6.07, 6.45) is 1.66. The number of hydrogen-bond acceptors (Lipinski definition) is 4. The Morgan fingerprint density at radius 1 is 0.920 bits per heavy atom. The molecule has 0 radical (unpaired) electrons. The number of amides is 2. The van der Waals surface area contributed by atoms with Crippen molar-refractivity contribution in [3.05, 3.63) is 59.9 Å². The third-order valence-corrected chi connectivity index (χ3v) is 4.24. The first-order valence-corrected chi connectivity index (χ1v) is 8.42. The number of hydrazine groups is 1. The molecule has 25 heavy (non-hydrogen) atoms. The summed E-state index contributed by atoms with van der Waals surface area (Å²) in [4.78, 5) is 31.0. The van der Waals surface area contributed by atoms with Crippen molar-refractivity contribution in [2.45, 2.75) is 6.54 Å². The summed E-state index contributed by atoms with van der Waals surface area (Å²) in [6, 6.07) is 13.8. The number of carbonyl (C=O) groups is 2. The lowest BCUT2D eigenvalue weighted by Crippen LogP contribution is -2.51. The van der Waals surface area contributed by atoms with E-state index in [4.69, 9.17) is 0 Å². The highest BCUT2D eigenvalue weighted by molar-refractivity contribution is 5.93. The van der Waals surface area contributed by atoms with Gasteiger partial charge in [0.2, 0.25) is 0 Å². The molecule has 1 aliphatic rings. The van der Waals surface area contributed by atoms with E-state index in [-0.39, 0.29) is 18.4 Å². The molecule has 132 valence electrons. The zero-order valence-corrected chi connectivity index (χ0v) is 14.1. The molecule has 0 spiro atoms. The molecule has 0 aliphatic carbocycles. The third kappa shape index (κ3) is 5.17. The molecule has 0 atom stereocenters. The molecule has 1 saturated heterocycles. The van der Waals surface area contributed by atoms with Gasteiger partial charge in [0.05, 0.1) is 6.54 Å². The second kappa shape index (κ2) is 8.46. The van der Waals surface area contributed by atoms with E-state index in [0.29, 0.717) is 5.69 Å². The van der Waals surface area contributed by atoms with Crippen molar-refractivity contribution in [1.82, 2.24) is 25.6 Å². The van der Waals surface area contributed by atoms with Gasteiger partial charge in [-0.2, -0.15) is 0 Å². The minimum atomic E-state index is -0.356. The quantitative estimate of drug-likeness (QED) is 0.696. The first-order valence-electron chi connectivity index (χ1n) is 8.42. The lowest BCUT2D eigenvalue weighted by molar-refractivity contribution is -0.123. The summed E-state index contributed by atoms with van der Waals surface area (Å²) in [6.45, 7) is 4.75. The van der Waals surface area contributed by atoms with Crippen LogP contribution >= 0.6 is 0 Å². The molecule has 1 aromatic carbocycles. The third-order valence-electron chi connectivity index (χ3n) is 4.24. The van der Waals surface area contributed by atoms with Crippen LogP contribution < -0.4 is 10.9 Å². The van der Waals surface area contributed by atoms with Gasteiger partial charge < -0.3 is 4.98 Å². The van der Waals surface area contributed by atoms with Crippen LogP contribution in [0.4, 0.5) is 0 Å². The predicted octanol–water partition coefficient (Wildman–Crippen LogP) is 0.594. The second-order valence-electron chi connectivity index (χ2n) is 6.12. The maximum atomic E-state index is 12.0. The Kier molecular flexibility index (Phi) is 5.81. The van der Waals surface area contributed by atoms with E-state index in [0.717, 1.165) is 32.7 Å². The van der Waals surface area contributed by atoms with E-state index in [2.05, 4.69) is 49.9 Å². The van der Waals surface area contributed by atoms with Gasteiger partial charge in [-0.05, 0) is 17.7 Å². The lowest BCUT2D eigenvalue weighted by Gasteiger charge is -2.34. The van der Waals surface area contributed by atoms with Crippen molar-refractivity contribution in [2.75, 3.05) is 32.7 Å². The summed E-state index contributed by atoms with van der Waals surface area (Å²) in [7, 11) is 0. The maximum Gasteiger partial charge on any atom is 0.286 e. The van der Waals surface area contributed by atoms with Crippen LogP contribution in [0.2, 0.25) is 0 Å². The summed E-state index contributed by atoms with van der Waals surface area (Å²) in [5, 5.41) is 0. The van der Waals surface area contributed by atoms with Crippen LogP contribution in [-0.2, 0) is 11.3 Å². The van der Waals surface area contributed by atoms with E-state index in [1.165, 1.54) is 5.56 Å². The normalized spacial score (nSPS) is 15.7. The van der Waals surface area contributed by atoms with Gasteiger partial charge in [-0.3, -0.25) is 30.2 Å². The monoisotopic (exact) mass is 341 g/mol. The van der Waals surface area contributed by atoms with Crippen molar-refractivity contribution >= 4 is 11.8 Å². The van der Waals surface area contributed by atoms with Crippen LogP contribution in [0.1, 0.15) is 16.1 Å². The maximum absolute atomic E-state index is 12.0. The fourth-order valence-corrected chi connectivity index (χ4v) is 2.86. The second-order valence-corrected chi connectivity index (χ2v) is 6.12. The van der Waals surface area contributed by atoms with E-state index >= 15 is 0 Å². The summed E-state index contributed by atoms with van der Waals surface area (Å²) in [5.74, 6) is -0.567. The molecule has 1 fully saturated rings. The van der Waals surface area contributed by atoms with Gasteiger partial charge in [-0.25, -0.2) is 0 Å². The van der Waals surface area contributed by atoms with Gasteiger partial charge >= 0.3 is 0 Å². The van der Waals surface area contributed by atoms with E-state index in [1.54, 1.807) is 18.3 Å². The highest BCUT2D eigenvalue weighted by atomic mass is 16.2. The molecule has 2 amide bonds. The van der Waals surface area contributed by atoms with Crippen LogP contribution in [0.3, 0.4) is 0 Å². The van der Waals surface area contributed by atoms with E-state index < -0.39 is 0 Å². The van der Waals surface area contributed by atoms with Gasteiger partial charge in [0.1, 0.15) is 5.69 Å². The molecule has 1 aliphatic heterocycles. The topological polar surface area (TPSA) is 80.5 Å².